The average Bonchev–Trinajstić information content (AvgIpc) is 3.44. The number of carbonyl (C=O) groups excluding carboxylic acids is 2. The lowest BCUT2D eigenvalue weighted by molar-refractivity contribution is 0.0583. The number of nitrogens with one attached hydrogen (secondary N) is 1. The molecule has 1 atom stereocenters. The van der Waals surface area contributed by atoms with Gasteiger partial charge in [0, 0.05) is 43.3 Å². The van der Waals surface area contributed by atoms with E-state index < -0.39 is 0 Å². The largest absolute Gasteiger partial charge is 0.334 e. The molecule has 5 rings (SSSR count). The summed E-state index contributed by atoms with van der Waals surface area (Å²) in [5, 5.41) is 5.98. The predicted molar refractivity (Wildman–Crippen MR) is 138 cm³/mol. The van der Waals surface area contributed by atoms with Crippen LogP contribution in [0.1, 0.15) is 28.5 Å². The van der Waals surface area contributed by atoms with Crippen molar-refractivity contribution in [2.75, 3.05) is 25.0 Å². The first-order valence-electron chi connectivity index (χ1n) is 11.6. The van der Waals surface area contributed by atoms with Gasteiger partial charge in [-0.3, -0.25) is 4.79 Å². The maximum atomic E-state index is 13.6. The number of halogens is 1. The Kier molecular flexibility index (Phi) is 6.30. The number of benzene rings is 2. The van der Waals surface area contributed by atoms with Crippen molar-refractivity contribution in [3.05, 3.63) is 88.7 Å². The highest BCUT2D eigenvalue weighted by molar-refractivity contribution is 7.16. The number of anilines is 1. The van der Waals surface area contributed by atoms with E-state index in [4.69, 9.17) is 0 Å². The number of piperazine rings is 1. The van der Waals surface area contributed by atoms with Crippen molar-refractivity contribution in [3.63, 3.8) is 0 Å². The van der Waals surface area contributed by atoms with Crippen LogP contribution in [-0.4, -0.2) is 52.0 Å². The minimum atomic E-state index is -0.280. The zero-order valence-corrected chi connectivity index (χ0v) is 20.5. The van der Waals surface area contributed by atoms with Gasteiger partial charge in [-0.1, -0.05) is 29.8 Å². The number of rotatable bonds is 4. The predicted octanol–water partition coefficient (Wildman–Crippen LogP) is 5.58. The second-order valence-corrected chi connectivity index (χ2v) is 9.91. The van der Waals surface area contributed by atoms with Gasteiger partial charge in [-0.2, -0.15) is 0 Å². The van der Waals surface area contributed by atoms with E-state index in [9.17, 15) is 14.0 Å². The molecule has 0 unspecified atom stereocenters. The molecule has 0 saturated carbocycles. The molecule has 1 aliphatic rings. The average molecular weight is 491 g/mol. The highest BCUT2D eigenvalue weighted by Gasteiger charge is 2.32. The first-order valence-corrected chi connectivity index (χ1v) is 12.5. The van der Waals surface area contributed by atoms with Crippen molar-refractivity contribution < 1.29 is 14.0 Å². The second-order valence-electron chi connectivity index (χ2n) is 9.01. The van der Waals surface area contributed by atoms with E-state index >= 15 is 0 Å². The van der Waals surface area contributed by atoms with Gasteiger partial charge in [0.05, 0.1) is 0 Å². The molecule has 1 aliphatic heterocycles. The molecule has 0 bridgehead atoms. The summed E-state index contributed by atoms with van der Waals surface area (Å²) in [4.78, 5) is 31.1. The smallest absolute Gasteiger partial charge is 0.322 e. The number of fused-ring (bicyclic) bond motifs is 1. The fraction of sp³-hybridized carbons (Fsp3) is 0.259. The molecule has 0 spiro atoms. The number of aromatic nitrogens is 1. The maximum Gasteiger partial charge on any atom is 0.322 e. The van der Waals surface area contributed by atoms with Gasteiger partial charge in [-0.25, -0.2) is 9.18 Å². The summed E-state index contributed by atoms with van der Waals surface area (Å²) < 4.78 is 15.4. The van der Waals surface area contributed by atoms with Gasteiger partial charge in [0.1, 0.15) is 16.3 Å². The van der Waals surface area contributed by atoms with Crippen molar-refractivity contribution in [3.8, 4) is 0 Å². The molecule has 0 aliphatic carbocycles. The quantitative estimate of drug-likeness (QED) is 0.406. The van der Waals surface area contributed by atoms with Crippen LogP contribution in [0.5, 0.6) is 0 Å². The van der Waals surface area contributed by atoms with Crippen LogP contribution in [0.2, 0.25) is 0 Å². The van der Waals surface area contributed by atoms with E-state index in [1.807, 2.05) is 65.1 Å². The fourth-order valence-electron chi connectivity index (χ4n) is 4.52. The molecule has 180 valence electrons. The monoisotopic (exact) mass is 490 g/mol. The van der Waals surface area contributed by atoms with E-state index in [1.165, 1.54) is 12.1 Å². The van der Waals surface area contributed by atoms with Gasteiger partial charge >= 0.3 is 6.03 Å². The van der Waals surface area contributed by atoms with E-state index in [0.29, 0.717) is 31.9 Å². The number of amides is 3. The van der Waals surface area contributed by atoms with Crippen molar-refractivity contribution in [1.29, 1.82) is 0 Å². The zero-order chi connectivity index (χ0) is 24.5. The third kappa shape index (κ3) is 4.79. The standard InChI is InChI=1S/C27H27FN4O2S/c1-18-3-9-23(10-4-18)29-27(34)31-13-12-30(16-19(31)2)25(33)24-15-21-11-14-35-26(21)32(24)17-20-5-7-22(28)8-6-20/h3-11,14-15,19H,12-13,16-17H2,1-2H3,(H,29,34)/t19-/m1/s1. The Balaban J connectivity index is 1.31. The lowest BCUT2D eigenvalue weighted by atomic mass is 10.1. The second kappa shape index (κ2) is 9.54. The molecule has 35 heavy (non-hydrogen) atoms. The van der Waals surface area contributed by atoms with Gasteiger partial charge < -0.3 is 19.7 Å². The molecule has 2 aromatic heterocycles. The molecule has 1 saturated heterocycles. The van der Waals surface area contributed by atoms with Crippen LogP contribution in [-0.2, 0) is 6.54 Å². The molecule has 1 N–H and O–H groups in total. The van der Waals surface area contributed by atoms with Crippen molar-refractivity contribution in [2.45, 2.75) is 26.4 Å². The molecule has 4 aromatic rings. The lowest BCUT2D eigenvalue weighted by Crippen LogP contribution is -2.56. The van der Waals surface area contributed by atoms with Gasteiger partial charge in [-0.15, -0.1) is 11.3 Å². The van der Waals surface area contributed by atoms with Crippen molar-refractivity contribution >= 4 is 39.2 Å². The van der Waals surface area contributed by atoms with E-state index in [2.05, 4.69) is 5.32 Å². The van der Waals surface area contributed by atoms with E-state index in [1.54, 1.807) is 28.4 Å². The number of thiophene rings is 1. The van der Waals surface area contributed by atoms with Crippen LogP contribution in [0, 0.1) is 12.7 Å². The summed E-state index contributed by atoms with van der Waals surface area (Å²) in [5.74, 6) is -0.335. The van der Waals surface area contributed by atoms with E-state index in [-0.39, 0.29) is 23.8 Å². The first kappa shape index (κ1) is 23.1. The van der Waals surface area contributed by atoms with Gasteiger partial charge in [0.15, 0.2) is 0 Å². The summed E-state index contributed by atoms with van der Waals surface area (Å²) in [6.45, 7) is 5.82. The molecule has 6 nitrogen and oxygen atoms in total. The van der Waals surface area contributed by atoms with Crippen molar-refractivity contribution in [2.24, 2.45) is 0 Å². The van der Waals surface area contributed by atoms with Gasteiger partial charge in [-0.05, 0) is 61.2 Å². The number of urea groups is 1. The van der Waals surface area contributed by atoms with Gasteiger partial charge in [0.2, 0.25) is 0 Å². The molecular formula is C27H27FN4O2S. The summed E-state index contributed by atoms with van der Waals surface area (Å²) in [6.07, 6.45) is 0. The summed E-state index contributed by atoms with van der Waals surface area (Å²) in [6, 6.07) is 17.7. The summed E-state index contributed by atoms with van der Waals surface area (Å²) in [5.41, 5.74) is 3.43. The number of nitrogens with zero attached hydrogens (tertiary/aromatic N) is 3. The Morgan fingerprint density at radius 1 is 1.06 bits per heavy atom. The third-order valence-electron chi connectivity index (χ3n) is 6.45. The molecule has 2 aromatic carbocycles. The fourth-order valence-corrected chi connectivity index (χ4v) is 5.42. The highest BCUT2D eigenvalue weighted by atomic mass is 32.1. The maximum absolute atomic E-state index is 13.6. The Morgan fingerprint density at radius 2 is 1.80 bits per heavy atom. The normalized spacial score (nSPS) is 16.0. The van der Waals surface area contributed by atoms with Crippen LogP contribution in [0.4, 0.5) is 14.9 Å². The van der Waals surface area contributed by atoms with Crippen LogP contribution >= 0.6 is 11.3 Å². The Hall–Kier alpha value is -3.65. The summed E-state index contributed by atoms with van der Waals surface area (Å²) in [7, 11) is 0. The van der Waals surface area contributed by atoms with Crippen LogP contribution in [0.3, 0.4) is 0 Å². The molecule has 3 heterocycles. The van der Waals surface area contributed by atoms with Crippen LogP contribution in [0.15, 0.2) is 66.0 Å². The molecule has 0 radical (unpaired) electrons. The SMILES string of the molecule is Cc1ccc(NC(=O)N2CCN(C(=O)c3cc4ccsc4n3Cc3ccc(F)cc3)C[C@H]2C)cc1. The Bertz CT molecular complexity index is 1360. The topological polar surface area (TPSA) is 57.6 Å². The molecular weight excluding hydrogens is 463 g/mol. The Morgan fingerprint density at radius 3 is 2.51 bits per heavy atom. The Labute approximate surface area is 207 Å². The highest BCUT2D eigenvalue weighted by Crippen LogP contribution is 2.28. The first-order chi connectivity index (χ1) is 16.9. The number of hydrogen-bond acceptors (Lipinski definition) is 3. The number of carbonyl (C=O) groups is 2. The van der Waals surface area contributed by atoms with E-state index in [0.717, 1.165) is 27.0 Å². The molecule has 8 heteroatoms. The van der Waals surface area contributed by atoms with Gasteiger partial charge in [0.25, 0.3) is 5.91 Å². The minimum absolute atomic E-state index is 0.0547. The number of hydrogen-bond donors (Lipinski definition) is 1. The number of aryl methyl sites for hydroxylation is 1. The minimum Gasteiger partial charge on any atom is -0.334 e. The summed E-state index contributed by atoms with van der Waals surface area (Å²) >= 11 is 1.58. The lowest BCUT2D eigenvalue weighted by Gasteiger charge is -2.39. The molecule has 1 fully saturated rings. The molecule has 3 amide bonds. The van der Waals surface area contributed by atoms with Crippen LogP contribution in [0.25, 0.3) is 10.2 Å². The third-order valence-corrected chi connectivity index (χ3v) is 7.41. The van der Waals surface area contributed by atoms with Crippen molar-refractivity contribution in [1.82, 2.24) is 14.4 Å². The zero-order valence-electron chi connectivity index (χ0n) is 19.7. The van der Waals surface area contributed by atoms with Crippen LogP contribution < -0.4 is 5.32 Å².